The number of fused-ring (bicyclic) bond motifs is 1. The van der Waals surface area contributed by atoms with Gasteiger partial charge in [0.05, 0.1) is 13.2 Å². The molecule has 0 spiro atoms. The third kappa shape index (κ3) is 5.41. The Morgan fingerprint density at radius 1 is 1.03 bits per heavy atom. The molecule has 1 fully saturated rings. The number of nitrogens with zero attached hydrogens (tertiary/aromatic N) is 1. The predicted molar refractivity (Wildman–Crippen MR) is 124 cm³/mol. The van der Waals surface area contributed by atoms with Gasteiger partial charge >= 0.3 is 0 Å². The normalized spacial score (nSPS) is 21.1. The molecule has 2 aliphatic rings. The lowest BCUT2D eigenvalue weighted by Crippen LogP contribution is -2.44. The first-order valence-corrected chi connectivity index (χ1v) is 11.7. The monoisotopic (exact) mass is 421 g/mol. The van der Waals surface area contributed by atoms with Crippen LogP contribution in [0, 0.1) is 25.7 Å². The zero-order chi connectivity index (χ0) is 21.8. The number of hydrogen-bond donors (Lipinski definition) is 0. The number of likely N-dealkylation sites (tertiary alicyclic amines) is 1. The molecule has 1 saturated heterocycles. The number of aryl methyl sites for hydroxylation is 3. The van der Waals surface area contributed by atoms with Crippen LogP contribution in [0.25, 0.3) is 0 Å². The number of ether oxygens (including phenoxy) is 2. The summed E-state index contributed by atoms with van der Waals surface area (Å²) in [5.74, 6) is 2.65. The summed E-state index contributed by atoms with van der Waals surface area (Å²) in [7, 11) is 0. The first kappa shape index (κ1) is 21.7. The number of hydrogen-bond acceptors (Lipinski definition) is 3. The van der Waals surface area contributed by atoms with Gasteiger partial charge in [-0.3, -0.25) is 4.79 Å². The van der Waals surface area contributed by atoms with Gasteiger partial charge in [0.15, 0.2) is 11.5 Å². The summed E-state index contributed by atoms with van der Waals surface area (Å²) in [5, 5.41) is 0. The van der Waals surface area contributed by atoms with E-state index in [1.165, 1.54) is 11.1 Å². The molecule has 2 aliphatic heterocycles. The minimum Gasteiger partial charge on any atom is -0.490 e. The molecule has 31 heavy (non-hydrogen) atoms. The van der Waals surface area contributed by atoms with Crippen molar-refractivity contribution < 1.29 is 14.3 Å². The van der Waals surface area contributed by atoms with E-state index in [4.69, 9.17) is 9.47 Å². The highest BCUT2D eigenvalue weighted by Crippen LogP contribution is 2.35. The smallest absolute Gasteiger partial charge is 0.226 e. The van der Waals surface area contributed by atoms with Crippen molar-refractivity contribution in [2.24, 2.45) is 11.8 Å². The van der Waals surface area contributed by atoms with Crippen LogP contribution in [-0.2, 0) is 17.8 Å². The summed E-state index contributed by atoms with van der Waals surface area (Å²) < 4.78 is 11.8. The van der Waals surface area contributed by atoms with Gasteiger partial charge in [0.2, 0.25) is 5.91 Å². The van der Waals surface area contributed by atoms with Crippen molar-refractivity contribution in [1.82, 2.24) is 4.90 Å². The molecule has 1 amide bonds. The summed E-state index contributed by atoms with van der Waals surface area (Å²) in [6.45, 7) is 9.30. The Morgan fingerprint density at radius 2 is 1.81 bits per heavy atom. The topological polar surface area (TPSA) is 38.8 Å². The van der Waals surface area contributed by atoms with Crippen LogP contribution >= 0.6 is 0 Å². The van der Waals surface area contributed by atoms with Gasteiger partial charge < -0.3 is 14.4 Å². The van der Waals surface area contributed by atoms with Crippen LogP contribution in [0.5, 0.6) is 11.5 Å². The van der Waals surface area contributed by atoms with Gasteiger partial charge in [-0.2, -0.15) is 0 Å². The Hall–Kier alpha value is -2.49. The Kier molecular flexibility index (Phi) is 6.84. The van der Waals surface area contributed by atoms with Crippen LogP contribution in [0.15, 0.2) is 36.4 Å². The summed E-state index contributed by atoms with van der Waals surface area (Å²) in [5.41, 5.74) is 4.87. The Labute approximate surface area is 186 Å². The van der Waals surface area contributed by atoms with Crippen molar-refractivity contribution >= 4 is 5.91 Å². The molecule has 2 aromatic carbocycles. The summed E-state index contributed by atoms with van der Waals surface area (Å²) in [6.07, 6.45) is 4.97. The Bertz CT molecular complexity index is 905. The number of amides is 1. The Morgan fingerprint density at radius 3 is 2.61 bits per heavy atom. The third-order valence-corrected chi connectivity index (χ3v) is 6.48. The van der Waals surface area contributed by atoms with E-state index in [0.29, 0.717) is 31.6 Å². The predicted octanol–water partition coefficient (Wildman–Crippen LogP) is 5.47. The lowest BCUT2D eigenvalue weighted by molar-refractivity contribution is -0.141. The largest absolute Gasteiger partial charge is 0.490 e. The molecule has 0 aromatic heterocycles. The van der Waals surface area contributed by atoms with E-state index in [1.54, 1.807) is 0 Å². The Balaban J connectivity index is 1.39. The van der Waals surface area contributed by atoms with Crippen molar-refractivity contribution in [3.63, 3.8) is 0 Å². The second-order valence-corrected chi connectivity index (χ2v) is 9.42. The zero-order valence-corrected chi connectivity index (χ0v) is 19.2. The number of piperidine rings is 1. The van der Waals surface area contributed by atoms with E-state index in [9.17, 15) is 4.79 Å². The maximum Gasteiger partial charge on any atom is 0.226 e. The van der Waals surface area contributed by atoms with E-state index in [1.807, 2.05) is 0 Å². The van der Waals surface area contributed by atoms with Crippen LogP contribution in [0.4, 0.5) is 0 Å². The fraction of sp³-hybridized carbons (Fsp3) is 0.519. The van der Waals surface area contributed by atoms with Crippen LogP contribution in [0.3, 0.4) is 0 Å². The maximum absolute atomic E-state index is 13.3. The maximum atomic E-state index is 13.3. The van der Waals surface area contributed by atoms with Crippen molar-refractivity contribution in [3.05, 3.63) is 58.7 Å². The van der Waals surface area contributed by atoms with Gasteiger partial charge in [0, 0.05) is 25.4 Å². The van der Waals surface area contributed by atoms with Crippen molar-refractivity contribution in [1.29, 1.82) is 0 Å². The fourth-order valence-electron chi connectivity index (χ4n) is 4.91. The van der Waals surface area contributed by atoms with Gasteiger partial charge in [-0.15, -0.1) is 0 Å². The molecule has 2 unspecified atom stereocenters. The molecule has 0 radical (unpaired) electrons. The van der Waals surface area contributed by atoms with E-state index in [-0.39, 0.29) is 5.92 Å². The van der Waals surface area contributed by atoms with Crippen LogP contribution in [0.1, 0.15) is 54.9 Å². The molecule has 0 N–H and O–H groups in total. The molecule has 0 bridgehead atoms. The molecule has 2 heterocycles. The van der Waals surface area contributed by atoms with E-state index in [2.05, 4.69) is 62.1 Å². The lowest BCUT2D eigenvalue weighted by Gasteiger charge is -2.36. The van der Waals surface area contributed by atoms with Gasteiger partial charge in [-0.05, 0) is 68.2 Å². The van der Waals surface area contributed by atoms with Gasteiger partial charge in [0.1, 0.15) is 0 Å². The number of carbonyl (C=O) groups is 1. The first-order valence-electron chi connectivity index (χ1n) is 11.7. The van der Waals surface area contributed by atoms with E-state index >= 15 is 0 Å². The van der Waals surface area contributed by atoms with Crippen molar-refractivity contribution in [3.8, 4) is 11.5 Å². The summed E-state index contributed by atoms with van der Waals surface area (Å²) in [4.78, 5) is 15.3. The van der Waals surface area contributed by atoms with Gasteiger partial charge in [-0.25, -0.2) is 0 Å². The number of carbonyl (C=O) groups excluding carboxylic acids is 1. The minimum atomic E-state index is 0.135. The molecule has 2 aromatic rings. The quantitative estimate of drug-likeness (QED) is 0.621. The van der Waals surface area contributed by atoms with Crippen LogP contribution in [-0.4, -0.2) is 30.6 Å². The number of benzene rings is 2. The summed E-state index contributed by atoms with van der Waals surface area (Å²) >= 11 is 0. The second kappa shape index (κ2) is 9.76. The standard InChI is InChI=1S/C27H35NO3/c1-19-8-10-22(11-9-19)6-4-7-24-14-20(2)17-28(27(24)29)18-23-15-21(3)26-25(16-23)30-12-5-13-31-26/h8-11,15-16,20,24H,4-7,12-14,17-18H2,1-3H3. The van der Waals surface area contributed by atoms with Gasteiger partial charge in [0.25, 0.3) is 0 Å². The average molecular weight is 422 g/mol. The minimum absolute atomic E-state index is 0.135. The molecule has 4 heteroatoms. The SMILES string of the molecule is Cc1ccc(CCCC2CC(C)CN(Cc3cc(C)c4c(c3)OCCCO4)C2=O)cc1. The van der Waals surface area contributed by atoms with Crippen molar-refractivity contribution in [2.75, 3.05) is 19.8 Å². The molecule has 2 atom stereocenters. The third-order valence-electron chi connectivity index (χ3n) is 6.48. The molecular weight excluding hydrogens is 386 g/mol. The molecule has 166 valence electrons. The van der Waals surface area contributed by atoms with E-state index < -0.39 is 0 Å². The fourth-order valence-corrected chi connectivity index (χ4v) is 4.91. The van der Waals surface area contributed by atoms with Crippen LogP contribution < -0.4 is 9.47 Å². The van der Waals surface area contributed by atoms with Crippen LogP contribution in [0.2, 0.25) is 0 Å². The number of rotatable bonds is 6. The summed E-state index contributed by atoms with van der Waals surface area (Å²) in [6, 6.07) is 13.0. The first-order chi connectivity index (χ1) is 15.0. The van der Waals surface area contributed by atoms with Crippen molar-refractivity contribution in [2.45, 2.75) is 59.4 Å². The molecule has 4 nitrogen and oxygen atoms in total. The highest BCUT2D eigenvalue weighted by Gasteiger charge is 2.32. The second-order valence-electron chi connectivity index (χ2n) is 9.42. The lowest BCUT2D eigenvalue weighted by atomic mass is 9.85. The molecular formula is C27H35NO3. The highest BCUT2D eigenvalue weighted by molar-refractivity contribution is 5.79. The van der Waals surface area contributed by atoms with E-state index in [0.717, 1.165) is 61.3 Å². The average Bonchev–Trinajstić information content (AvgIpc) is 2.98. The molecule has 4 rings (SSSR count). The highest BCUT2D eigenvalue weighted by atomic mass is 16.5. The van der Waals surface area contributed by atoms with Gasteiger partial charge in [-0.1, -0.05) is 42.8 Å². The molecule has 0 aliphatic carbocycles. The zero-order valence-electron chi connectivity index (χ0n) is 19.2. The molecule has 0 saturated carbocycles.